The maximum Gasteiger partial charge on any atom is 0.232 e. The van der Waals surface area contributed by atoms with Gasteiger partial charge >= 0.3 is 0 Å². The first-order valence-electron chi connectivity index (χ1n) is 8.75. The second-order valence-corrected chi connectivity index (χ2v) is 9.19. The SMILES string of the molecule is CCOc1ccc(-c2nc(-c3ccc4c(c3)CCN4S(C)(=O)=O)cs2)cc1. The van der Waals surface area contributed by atoms with Crippen LogP contribution in [0.2, 0.25) is 0 Å². The van der Waals surface area contributed by atoms with Gasteiger partial charge in [-0.25, -0.2) is 13.4 Å². The number of nitrogens with zero attached hydrogens (tertiary/aromatic N) is 2. The van der Waals surface area contributed by atoms with E-state index in [1.807, 2.05) is 48.7 Å². The van der Waals surface area contributed by atoms with Gasteiger partial charge in [-0.1, -0.05) is 6.07 Å². The molecule has 2 aromatic carbocycles. The summed E-state index contributed by atoms with van der Waals surface area (Å²) in [5.41, 5.74) is 4.80. The van der Waals surface area contributed by atoms with Gasteiger partial charge in [-0.3, -0.25) is 4.31 Å². The smallest absolute Gasteiger partial charge is 0.232 e. The van der Waals surface area contributed by atoms with Crippen molar-refractivity contribution in [2.24, 2.45) is 0 Å². The summed E-state index contributed by atoms with van der Waals surface area (Å²) >= 11 is 1.60. The van der Waals surface area contributed by atoms with E-state index in [9.17, 15) is 8.42 Å². The topological polar surface area (TPSA) is 59.5 Å². The Labute approximate surface area is 163 Å². The molecule has 0 amide bonds. The number of fused-ring (bicyclic) bond motifs is 1. The minimum atomic E-state index is -3.22. The normalized spacial score (nSPS) is 13.6. The molecule has 0 aliphatic carbocycles. The summed E-state index contributed by atoms with van der Waals surface area (Å²) in [6.07, 6.45) is 1.98. The van der Waals surface area contributed by atoms with Crippen molar-refractivity contribution in [2.45, 2.75) is 13.3 Å². The van der Waals surface area contributed by atoms with Crippen LogP contribution in [0.15, 0.2) is 47.8 Å². The zero-order valence-corrected chi connectivity index (χ0v) is 16.8. The summed E-state index contributed by atoms with van der Waals surface area (Å²) in [7, 11) is -3.22. The molecule has 0 saturated carbocycles. The number of thiazole rings is 1. The van der Waals surface area contributed by atoms with Crippen LogP contribution in [0.4, 0.5) is 5.69 Å². The Kier molecular flexibility index (Phi) is 4.65. The lowest BCUT2D eigenvalue weighted by Gasteiger charge is -2.16. The molecule has 27 heavy (non-hydrogen) atoms. The molecular weight excluding hydrogens is 380 g/mol. The molecule has 1 aliphatic heterocycles. The van der Waals surface area contributed by atoms with Crippen LogP contribution in [0, 0.1) is 0 Å². The number of ether oxygens (including phenoxy) is 1. The highest BCUT2D eigenvalue weighted by atomic mass is 32.2. The van der Waals surface area contributed by atoms with Crippen molar-refractivity contribution >= 4 is 27.0 Å². The largest absolute Gasteiger partial charge is 0.494 e. The lowest BCUT2D eigenvalue weighted by molar-refractivity contribution is 0.340. The average molecular weight is 401 g/mol. The number of sulfonamides is 1. The first kappa shape index (κ1) is 18.0. The maximum atomic E-state index is 11.9. The number of aromatic nitrogens is 1. The Morgan fingerprint density at radius 1 is 1.15 bits per heavy atom. The molecule has 140 valence electrons. The van der Waals surface area contributed by atoms with E-state index in [-0.39, 0.29) is 0 Å². The summed E-state index contributed by atoms with van der Waals surface area (Å²) in [4.78, 5) is 4.77. The standard InChI is InChI=1S/C20H20N2O3S2/c1-3-25-17-7-4-14(5-8-17)20-21-18(13-26-20)15-6-9-19-16(12-15)10-11-22(19)27(2,23)24/h4-9,12-13H,3,10-11H2,1-2H3. The molecule has 5 nitrogen and oxygen atoms in total. The number of rotatable bonds is 5. The number of hydrogen-bond donors (Lipinski definition) is 0. The zero-order valence-electron chi connectivity index (χ0n) is 15.2. The molecule has 0 unspecified atom stereocenters. The minimum absolute atomic E-state index is 0.506. The van der Waals surface area contributed by atoms with Gasteiger partial charge < -0.3 is 4.74 Å². The van der Waals surface area contributed by atoms with Crippen molar-refractivity contribution in [3.8, 4) is 27.6 Å². The molecular formula is C20H20N2O3S2. The average Bonchev–Trinajstić information content (AvgIpc) is 3.29. The Hall–Kier alpha value is -2.38. The molecule has 0 radical (unpaired) electrons. The van der Waals surface area contributed by atoms with E-state index in [4.69, 9.17) is 9.72 Å². The Morgan fingerprint density at radius 2 is 1.89 bits per heavy atom. The third kappa shape index (κ3) is 3.57. The van der Waals surface area contributed by atoms with Crippen molar-refractivity contribution in [1.82, 2.24) is 4.98 Å². The van der Waals surface area contributed by atoms with Gasteiger partial charge in [0, 0.05) is 23.1 Å². The third-order valence-corrected chi connectivity index (χ3v) is 6.62. The van der Waals surface area contributed by atoms with Crippen LogP contribution in [0.1, 0.15) is 12.5 Å². The first-order valence-corrected chi connectivity index (χ1v) is 11.5. The number of benzene rings is 2. The van der Waals surface area contributed by atoms with E-state index in [1.54, 1.807) is 11.3 Å². The fraction of sp³-hybridized carbons (Fsp3) is 0.250. The number of hydrogen-bond acceptors (Lipinski definition) is 5. The van der Waals surface area contributed by atoms with Crippen molar-refractivity contribution in [2.75, 3.05) is 23.7 Å². The lowest BCUT2D eigenvalue weighted by Crippen LogP contribution is -2.27. The summed E-state index contributed by atoms with van der Waals surface area (Å²) in [5.74, 6) is 0.854. The van der Waals surface area contributed by atoms with Crippen LogP contribution in [-0.2, 0) is 16.4 Å². The van der Waals surface area contributed by atoms with E-state index >= 15 is 0 Å². The van der Waals surface area contributed by atoms with Gasteiger partial charge in [0.15, 0.2) is 0 Å². The monoisotopic (exact) mass is 400 g/mol. The van der Waals surface area contributed by atoms with E-state index < -0.39 is 10.0 Å². The van der Waals surface area contributed by atoms with Crippen molar-refractivity contribution in [3.63, 3.8) is 0 Å². The van der Waals surface area contributed by atoms with Crippen LogP contribution in [0.25, 0.3) is 21.8 Å². The summed E-state index contributed by atoms with van der Waals surface area (Å²) in [6, 6.07) is 13.8. The van der Waals surface area contributed by atoms with Crippen LogP contribution in [0.5, 0.6) is 5.75 Å². The molecule has 0 atom stereocenters. The van der Waals surface area contributed by atoms with Crippen LogP contribution >= 0.6 is 11.3 Å². The Morgan fingerprint density at radius 3 is 2.59 bits per heavy atom. The van der Waals surface area contributed by atoms with E-state index in [0.29, 0.717) is 13.2 Å². The van der Waals surface area contributed by atoms with Crippen LogP contribution in [-0.4, -0.2) is 32.8 Å². The minimum Gasteiger partial charge on any atom is -0.494 e. The summed E-state index contributed by atoms with van der Waals surface area (Å²) < 4.78 is 30.7. The highest BCUT2D eigenvalue weighted by Crippen LogP contribution is 2.35. The Balaban J connectivity index is 1.61. The molecule has 1 aromatic heterocycles. The van der Waals surface area contributed by atoms with Gasteiger partial charge in [-0.15, -0.1) is 11.3 Å². The Bertz CT molecular complexity index is 1070. The molecule has 2 heterocycles. The van der Waals surface area contributed by atoms with Gasteiger partial charge in [0.05, 0.1) is 24.2 Å². The van der Waals surface area contributed by atoms with Crippen LogP contribution in [0.3, 0.4) is 0 Å². The van der Waals surface area contributed by atoms with Crippen molar-refractivity contribution < 1.29 is 13.2 Å². The highest BCUT2D eigenvalue weighted by Gasteiger charge is 2.26. The van der Waals surface area contributed by atoms with Crippen LogP contribution < -0.4 is 9.04 Å². The van der Waals surface area contributed by atoms with Crippen molar-refractivity contribution in [3.05, 3.63) is 53.4 Å². The maximum absolute atomic E-state index is 11.9. The molecule has 0 fully saturated rings. The third-order valence-electron chi connectivity index (χ3n) is 4.54. The van der Waals surface area contributed by atoms with Gasteiger partial charge in [0.25, 0.3) is 0 Å². The van der Waals surface area contributed by atoms with Gasteiger partial charge in [0.2, 0.25) is 10.0 Å². The fourth-order valence-corrected chi connectivity index (χ4v) is 5.07. The molecule has 3 aromatic rings. The molecule has 0 bridgehead atoms. The summed E-state index contributed by atoms with van der Waals surface area (Å²) in [5, 5.41) is 2.99. The zero-order chi connectivity index (χ0) is 19.0. The van der Waals surface area contributed by atoms with E-state index in [1.165, 1.54) is 10.6 Å². The fourth-order valence-electron chi connectivity index (χ4n) is 3.27. The second kappa shape index (κ2) is 6.98. The molecule has 7 heteroatoms. The molecule has 0 spiro atoms. The van der Waals surface area contributed by atoms with E-state index in [0.717, 1.165) is 45.2 Å². The molecule has 0 saturated heterocycles. The highest BCUT2D eigenvalue weighted by molar-refractivity contribution is 7.92. The van der Waals surface area contributed by atoms with Gasteiger partial charge in [-0.05, 0) is 55.3 Å². The predicted octanol–water partition coefficient (Wildman–Crippen LogP) is 4.20. The molecule has 0 N–H and O–H groups in total. The van der Waals surface area contributed by atoms with E-state index in [2.05, 4.69) is 6.07 Å². The first-order chi connectivity index (χ1) is 13.0. The summed E-state index contributed by atoms with van der Waals surface area (Å²) in [6.45, 7) is 3.12. The number of anilines is 1. The van der Waals surface area contributed by atoms with Gasteiger partial charge in [-0.2, -0.15) is 0 Å². The molecule has 1 aliphatic rings. The van der Waals surface area contributed by atoms with Crippen molar-refractivity contribution in [1.29, 1.82) is 0 Å². The lowest BCUT2D eigenvalue weighted by atomic mass is 10.1. The quantitative estimate of drug-likeness (QED) is 0.644. The predicted molar refractivity (Wildman–Crippen MR) is 110 cm³/mol. The molecule has 4 rings (SSSR count). The van der Waals surface area contributed by atoms with Gasteiger partial charge in [0.1, 0.15) is 10.8 Å². The second-order valence-electron chi connectivity index (χ2n) is 6.42.